The van der Waals surface area contributed by atoms with E-state index in [2.05, 4.69) is 15.5 Å². The summed E-state index contributed by atoms with van der Waals surface area (Å²) in [5.41, 5.74) is 3.99. The molecule has 0 unspecified atom stereocenters. The molecular weight excluding hydrogens is 418 g/mol. The van der Waals surface area contributed by atoms with Crippen molar-refractivity contribution in [3.63, 3.8) is 0 Å². The number of aromatic nitrogens is 1. The van der Waals surface area contributed by atoms with Crippen molar-refractivity contribution < 1.29 is 19.1 Å². The molecule has 7 nitrogen and oxygen atoms in total. The lowest BCUT2D eigenvalue weighted by Crippen LogP contribution is -2.17. The highest BCUT2D eigenvalue weighted by molar-refractivity contribution is 6.05. The summed E-state index contributed by atoms with van der Waals surface area (Å²) >= 11 is 0. The summed E-state index contributed by atoms with van der Waals surface area (Å²) in [6.45, 7) is 2.22. The normalized spacial score (nSPS) is 10.8. The van der Waals surface area contributed by atoms with E-state index >= 15 is 0 Å². The van der Waals surface area contributed by atoms with Crippen LogP contribution in [0.15, 0.2) is 90.3 Å². The average Bonchev–Trinajstić information content (AvgIpc) is 2.85. The Bertz CT molecular complexity index is 1310. The maximum Gasteiger partial charge on any atom is 0.344 e. The summed E-state index contributed by atoms with van der Waals surface area (Å²) in [7, 11) is 0. The van der Waals surface area contributed by atoms with Crippen molar-refractivity contribution in [2.24, 2.45) is 5.10 Å². The summed E-state index contributed by atoms with van der Waals surface area (Å²) in [6.07, 6.45) is 4.52. The molecule has 0 atom stereocenters. The van der Waals surface area contributed by atoms with Gasteiger partial charge in [-0.25, -0.2) is 10.2 Å². The van der Waals surface area contributed by atoms with E-state index < -0.39 is 5.97 Å². The third-order valence-electron chi connectivity index (χ3n) is 4.78. The lowest BCUT2D eigenvalue weighted by molar-refractivity contribution is 0.0730. The molecule has 7 heteroatoms. The van der Waals surface area contributed by atoms with Crippen LogP contribution in [0.3, 0.4) is 0 Å². The van der Waals surface area contributed by atoms with Crippen molar-refractivity contribution in [1.29, 1.82) is 0 Å². The van der Waals surface area contributed by atoms with E-state index in [0.29, 0.717) is 34.8 Å². The second-order valence-electron chi connectivity index (χ2n) is 7.00. The van der Waals surface area contributed by atoms with Crippen molar-refractivity contribution in [1.82, 2.24) is 10.4 Å². The molecule has 0 aliphatic carbocycles. The van der Waals surface area contributed by atoms with Crippen LogP contribution in [0, 0.1) is 0 Å². The van der Waals surface area contributed by atoms with Crippen LogP contribution < -0.4 is 14.9 Å². The molecular formula is C26H21N3O4. The predicted molar refractivity (Wildman–Crippen MR) is 126 cm³/mol. The Balaban J connectivity index is 1.51. The van der Waals surface area contributed by atoms with Crippen LogP contribution in [-0.2, 0) is 0 Å². The number of carbonyl (C=O) groups excluding carboxylic acids is 2. The third-order valence-corrected chi connectivity index (χ3v) is 4.78. The molecule has 0 aliphatic rings. The molecule has 33 heavy (non-hydrogen) atoms. The van der Waals surface area contributed by atoms with Crippen LogP contribution in [0.25, 0.3) is 10.8 Å². The van der Waals surface area contributed by atoms with E-state index in [-0.39, 0.29) is 5.91 Å². The zero-order chi connectivity index (χ0) is 23.0. The van der Waals surface area contributed by atoms with E-state index in [0.717, 1.165) is 10.8 Å². The van der Waals surface area contributed by atoms with Gasteiger partial charge in [0.2, 0.25) is 0 Å². The van der Waals surface area contributed by atoms with Crippen molar-refractivity contribution in [3.05, 3.63) is 102 Å². The average molecular weight is 439 g/mol. The zero-order valence-electron chi connectivity index (χ0n) is 17.9. The van der Waals surface area contributed by atoms with Gasteiger partial charge in [0.15, 0.2) is 11.5 Å². The first-order valence-electron chi connectivity index (χ1n) is 10.4. The SMILES string of the molecule is CCOc1cc(/C=N/NC(=O)c2cccnc2)ccc1OC(=O)c1cccc2ccccc12. The number of esters is 1. The van der Waals surface area contributed by atoms with Gasteiger partial charge < -0.3 is 9.47 Å². The van der Waals surface area contributed by atoms with Gasteiger partial charge in [-0.2, -0.15) is 5.10 Å². The minimum atomic E-state index is -0.474. The van der Waals surface area contributed by atoms with Gasteiger partial charge in [0.1, 0.15) is 0 Å². The molecule has 1 heterocycles. The Hall–Kier alpha value is -4.52. The molecule has 0 fully saturated rings. The summed E-state index contributed by atoms with van der Waals surface area (Å²) in [5.74, 6) is -0.150. The first-order valence-corrected chi connectivity index (χ1v) is 10.4. The second kappa shape index (κ2) is 10.2. The lowest BCUT2D eigenvalue weighted by atomic mass is 10.0. The van der Waals surface area contributed by atoms with Gasteiger partial charge in [0, 0.05) is 12.4 Å². The van der Waals surface area contributed by atoms with Crippen molar-refractivity contribution >= 4 is 28.9 Å². The first kappa shape index (κ1) is 21.7. The van der Waals surface area contributed by atoms with Crippen LogP contribution >= 0.6 is 0 Å². The highest BCUT2D eigenvalue weighted by Gasteiger charge is 2.15. The quantitative estimate of drug-likeness (QED) is 0.196. The van der Waals surface area contributed by atoms with Gasteiger partial charge in [-0.05, 0) is 59.7 Å². The molecule has 4 aromatic rings. The Kier molecular flexibility index (Phi) is 6.70. The van der Waals surface area contributed by atoms with Crippen LogP contribution in [0.1, 0.15) is 33.2 Å². The summed E-state index contributed by atoms with van der Waals surface area (Å²) in [6, 6.07) is 21.5. The fraction of sp³-hybridized carbons (Fsp3) is 0.0769. The predicted octanol–water partition coefficient (Wildman–Crippen LogP) is 4.62. The zero-order valence-corrected chi connectivity index (χ0v) is 17.9. The van der Waals surface area contributed by atoms with Crippen molar-refractivity contribution in [2.45, 2.75) is 6.92 Å². The van der Waals surface area contributed by atoms with Gasteiger partial charge in [-0.1, -0.05) is 36.4 Å². The number of fused-ring (bicyclic) bond motifs is 1. The lowest BCUT2D eigenvalue weighted by Gasteiger charge is -2.12. The molecule has 0 aliphatic heterocycles. The number of amides is 1. The number of hydrogen-bond donors (Lipinski definition) is 1. The topological polar surface area (TPSA) is 89.9 Å². The fourth-order valence-corrected chi connectivity index (χ4v) is 3.24. The monoisotopic (exact) mass is 439 g/mol. The Labute approximate surface area is 190 Å². The highest BCUT2D eigenvalue weighted by atomic mass is 16.6. The number of ether oxygens (including phenoxy) is 2. The maximum absolute atomic E-state index is 12.9. The maximum atomic E-state index is 12.9. The molecule has 0 radical (unpaired) electrons. The molecule has 0 saturated heterocycles. The number of nitrogens with zero attached hydrogens (tertiary/aromatic N) is 2. The van der Waals surface area contributed by atoms with Gasteiger partial charge in [-0.15, -0.1) is 0 Å². The molecule has 0 bridgehead atoms. The van der Waals surface area contributed by atoms with Crippen molar-refractivity contribution in [3.8, 4) is 11.5 Å². The van der Waals surface area contributed by atoms with Gasteiger partial charge in [0.25, 0.3) is 5.91 Å². The smallest absolute Gasteiger partial charge is 0.344 e. The molecule has 0 saturated carbocycles. The number of pyridine rings is 1. The van der Waals surface area contributed by atoms with Gasteiger partial charge in [0.05, 0.1) is 23.9 Å². The number of hydrazone groups is 1. The van der Waals surface area contributed by atoms with Gasteiger partial charge in [-0.3, -0.25) is 9.78 Å². The Morgan fingerprint density at radius 2 is 1.85 bits per heavy atom. The van der Waals surface area contributed by atoms with Crippen LogP contribution in [0.2, 0.25) is 0 Å². The molecule has 3 aromatic carbocycles. The molecule has 1 aromatic heterocycles. The van der Waals surface area contributed by atoms with Gasteiger partial charge >= 0.3 is 5.97 Å². The van der Waals surface area contributed by atoms with Crippen LogP contribution in [-0.4, -0.2) is 29.7 Å². The molecule has 4 rings (SSSR count). The molecule has 1 N–H and O–H groups in total. The third kappa shape index (κ3) is 5.22. The second-order valence-corrected chi connectivity index (χ2v) is 7.00. The van der Waals surface area contributed by atoms with E-state index in [9.17, 15) is 9.59 Å². The minimum absolute atomic E-state index is 0.298. The standard InChI is InChI=1S/C26H21N3O4/c1-2-32-24-15-18(16-28-29-25(30)20-9-6-14-27-17-20)12-13-23(24)33-26(31)22-11-5-8-19-7-3-4-10-21(19)22/h3-17H,2H2,1H3,(H,29,30)/b28-16+. The summed E-state index contributed by atoms with van der Waals surface area (Å²) in [4.78, 5) is 28.9. The van der Waals surface area contributed by atoms with E-state index in [1.807, 2.05) is 43.3 Å². The Morgan fingerprint density at radius 3 is 2.67 bits per heavy atom. The number of carbonyl (C=O) groups is 2. The number of benzene rings is 3. The summed E-state index contributed by atoms with van der Waals surface area (Å²) in [5, 5.41) is 5.75. The van der Waals surface area contributed by atoms with Crippen LogP contribution in [0.4, 0.5) is 0 Å². The Morgan fingerprint density at radius 1 is 1.00 bits per heavy atom. The minimum Gasteiger partial charge on any atom is -0.490 e. The van der Waals surface area contributed by atoms with Crippen molar-refractivity contribution in [2.75, 3.05) is 6.61 Å². The number of rotatable bonds is 7. The number of nitrogens with one attached hydrogen (secondary N) is 1. The highest BCUT2D eigenvalue weighted by Crippen LogP contribution is 2.30. The largest absolute Gasteiger partial charge is 0.490 e. The fourth-order valence-electron chi connectivity index (χ4n) is 3.24. The van der Waals surface area contributed by atoms with E-state index in [4.69, 9.17) is 9.47 Å². The summed E-state index contributed by atoms with van der Waals surface area (Å²) < 4.78 is 11.3. The van der Waals surface area contributed by atoms with E-state index in [1.54, 1.807) is 42.6 Å². The van der Waals surface area contributed by atoms with E-state index in [1.165, 1.54) is 12.4 Å². The molecule has 164 valence electrons. The molecule has 1 amide bonds. The van der Waals surface area contributed by atoms with Crippen LogP contribution in [0.5, 0.6) is 11.5 Å². The number of hydrogen-bond acceptors (Lipinski definition) is 6. The molecule has 0 spiro atoms. The first-order chi connectivity index (χ1) is 16.2.